The summed E-state index contributed by atoms with van der Waals surface area (Å²) < 4.78 is 35.6. The highest BCUT2D eigenvalue weighted by molar-refractivity contribution is 6.31. The second-order valence-electron chi connectivity index (χ2n) is 7.40. The molecule has 0 saturated carbocycles. The minimum Gasteiger partial charge on any atom is -0.434 e. The van der Waals surface area contributed by atoms with Gasteiger partial charge in [-0.1, -0.05) is 23.7 Å². The number of hydrogen-bond acceptors (Lipinski definition) is 3. The molecule has 0 radical (unpaired) electrons. The highest BCUT2D eigenvalue weighted by Gasteiger charge is 2.43. The van der Waals surface area contributed by atoms with Crippen LogP contribution in [0.3, 0.4) is 0 Å². The summed E-state index contributed by atoms with van der Waals surface area (Å²) >= 11 is 6.26. The normalized spacial score (nSPS) is 19.2. The molecule has 0 fully saturated rings. The van der Waals surface area contributed by atoms with Crippen molar-refractivity contribution in [1.82, 2.24) is 19.1 Å². The van der Waals surface area contributed by atoms with Crippen molar-refractivity contribution in [1.29, 1.82) is 0 Å². The number of aryl methyl sites for hydroxylation is 1. The van der Waals surface area contributed by atoms with Crippen LogP contribution in [-0.2, 0) is 0 Å². The largest absolute Gasteiger partial charge is 0.434 e. The molecule has 2 aliphatic heterocycles. The monoisotopic (exact) mass is 412 g/mol. The molecule has 2 aliphatic rings. The summed E-state index contributed by atoms with van der Waals surface area (Å²) in [5.41, 5.74) is 4.19. The fourth-order valence-corrected chi connectivity index (χ4v) is 5.06. The van der Waals surface area contributed by atoms with Crippen LogP contribution in [0.25, 0.3) is 22.3 Å². The van der Waals surface area contributed by atoms with Gasteiger partial charge in [0.15, 0.2) is 0 Å². The van der Waals surface area contributed by atoms with Gasteiger partial charge < -0.3 is 13.9 Å². The molecule has 2 bridgehead atoms. The number of aromatic nitrogens is 4. The highest BCUT2D eigenvalue weighted by atomic mass is 35.5. The third kappa shape index (κ3) is 2.25. The van der Waals surface area contributed by atoms with Crippen LogP contribution in [-0.4, -0.2) is 25.7 Å². The van der Waals surface area contributed by atoms with E-state index in [2.05, 4.69) is 14.1 Å². The molecule has 2 aromatic heterocycles. The Morgan fingerprint density at radius 1 is 1.17 bits per heavy atom. The van der Waals surface area contributed by atoms with E-state index in [0.29, 0.717) is 11.4 Å². The van der Waals surface area contributed by atoms with E-state index in [1.807, 2.05) is 31.2 Å². The van der Waals surface area contributed by atoms with E-state index in [1.54, 1.807) is 18.3 Å². The Hall–Kier alpha value is -2.93. The van der Waals surface area contributed by atoms with Gasteiger partial charge >= 0.3 is 6.61 Å². The van der Waals surface area contributed by atoms with Crippen molar-refractivity contribution in [2.75, 3.05) is 0 Å². The fraction of sp³-hybridized carbons (Fsp3) is 0.238. The van der Waals surface area contributed by atoms with E-state index in [9.17, 15) is 8.78 Å². The average molecular weight is 413 g/mol. The van der Waals surface area contributed by atoms with Gasteiger partial charge in [0.05, 0.1) is 35.0 Å². The van der Waals surface area contributed by atoms with Gasteiger partial charge in [-0.05, 0) is 31.2 Å². The van der Waals surface area contributed by atoms with E-state index in [1.165, 1.54) is 0 Å². The number of nitrogens with zero attached hydrogens (tertiary/aromatic N) is 4. The molecule has 0 saturated heterocycles. The summed E-state index contributed by atoms with van der Waals surface area (Å²) in [5, 5.41) is 0.608. The maximum atomic E-state index is 13.2. The van der Waals surface area contributed by atoms with Gasteiger partial charge in [0.2, 0.25) is 0 Å². The molecular weight excluding hydrogens is 398 g/mol. The van der Waals surface area contributed by atoms with E-state index in [0.717, 1.165) is 39.5 Å². The quantitative estimate of drug-likeness (QED) is 0.445. The minimum absolute atomic E-state index is 0.0459. The molecule has 146 valence electrons. The topological polar surface area (TPSA) is 44.9 Å². The number of imidazole rings is 2. The Bertz CT molecular complexity index is 1300. The predicted octanol–water partition coefficient (Wildman–Crippen LogP) is 5.36. The van der Waals surface area contributed by atoms with Gasteiger partial charge in [0.25, 0.3) is 0 Å². The van der Waals surface area contributed by atoms with Crippen LogP contribution >= 0.6 is 11.6 Å². The zero-order valence-electron chi connectivity index (χ0n) is 15.3. The first-order chi connectivity index (χ1) is 14.0. The molecular formula is C21H15ClF2N4O. The standard InChI is InChI=1S/C21H15ClF2N4O/c1-10-25-9-17-12-3-2-4-18(29-21(23)24)19(12)15-8-16(27(10)17)20-26-13-6-5-11(22)7-14(13)28(15)20/h2-7,9,15-16,21H,8H2,1H3/t15-,16-/m1/s1. The third-order valence-electron chi connectivity index (χ3n) is 5.92. The molecule has 29 heavy (non-hydrogen) atoms. The molecule has 0 amide bonds. The van der Waals surface area contributed by atoms with Gasteiger partial charge in [-0.2, -0.15) is 8.78 Å². The molecule has 6 rings (SSSR count). The van der Waals surface area contributed by atoms with Crippen LogP contribution in [0.15, 0.2) is 42.6 Å². The van der Waals surface area contributed by atoms with Gasteiger partial charge in [-0.3, -0.25) is 0 Å². The summed E-state index contributed by atoms with van der Waals surface area (Å²) in [6.45, 7) is -0.951. The predicted molar refractivity (Wildman–Crippen MR) is 105 cm³/mol. The summed E-state index contributed by atoms with van der Waals surface area (Å²) in [6, 6.07) is 10.6. The molecule has 8 heteroatoms. The lowest BCUT2D eigenvalue weighted by Crippen LogP contribution is -2.13. The highest BCUT2D eigenvalue weighted by Crippen LogP contribution is 2.52. The second-order valence-corrected chi connectivity index (χ2v) is 7.83. The number of alkyl halides is 2. The van der Waals surface area contributed by atoms with Crippen molar-refractivity contribution in [3.8, 4) is 17.0 Å². The lowest BCUT2D eigenvalue weighted by Gasteiger charge is -2.22. The van der Waals surface area contributed by atoms with Crippen LogP contribution in [0.2, 0.25) is 5.02 Å². The molecule has 5 nitrogen and oxygen atoms in total. The Morgan fingerprint density at radius 2 is 2.03 bits per heavy atom. The summed E-state index contributed by atoms with van der Waals surface area (Å²) in [5.74, 6) is 1.92. The van der Waals surface area contributed by atoms with Crippen molar-refractivity contribution in [3.63, 3.8) is 0 Å². The number of benzene rings is 2. The molecule has 0 N–H and O–H groups in total. The Kier molecular flexibility index (Phi) is 3.39. The lowest BCUT2D eigenvalue weighted by atomic mass is 9.96. The zero-order chi connectivity index (χ0) is 19.9. The lowest BCUT2D eigenvalue weighted by molar-refractivity contribution is -0.0506. The number of ether oxygens (including phenoxy) is 1. The summed E-state index contributed by atoms with van der Waals surface area (Å²) in [4.78, 5) is 9.37. The Labute approximate surface area is 169 Å². The van der Waals surface area contributed by atoms with Crippen LogP contribution in [0.4, 0.5) is 8.78 Å². The summed E-state index contributed by atoms with van der Waals surface area (Å²) in [6.07, 6.45) is 2.48. The second kappa shape index (κ2) is 5.79. The van der Waals surface area contributed by atoms with Gasteiger partial charge in [0, 0.05) is 22.6 Å². The van der Waals surface area contributed by atoms with Crippen LogP contribution in [0.5, 0.6) is 5.75 Å². The smallest absolute Gasteiger partial charge is 0.387 e. The van der Waals surface area contributed by atoms with E-state index in [-0.39, 0.29) is 17.8 Å². The van der Waals surface area contributed by atoms with Crippen molar-refractivity contribution in [2.45, 2.75) is 32.0 Å². The first kappa shape index (κ1) is 17.0. The zero-order valence-corrected chi connectivity index (χ0v) is 16.1. The number of rotatable bonds is 2. The van der Waals surface area contributed by atoms with E-state index < -0.39 is 6.61 Å². The van der Waals surface area contributed by atoms with Gasteiger partial charge in [-0.25, -0.2) is 9.97 Å². The number of hydrogen-bond donors (Lipinski definition) is 0. The third-order valence-corrected chi connectivity index (χ3v) is 6.16. The molecule has 2 atom stereocenters. The maximum Gasteiger partial charge on any atom is 0.387 e. The number of fused-ring (bicyclic) bond motifs is 6. The first-order valence-electron chi connectivity index (χ1n) is 9.32. The molecule has 0 spiro atoms. The van der Waals surface area contributed by atoms with Crippen LogP contribution in [0, 0.1) is 6.92 Å². The van der Waals surface area contributed by atoms with E-state index >= 15 is 0 Å². The van der Waals surface area contributed by atoms with E-state index in [4.69, 9.17) is 21.3 Å². The SMILES string of the molecule is Cc1ncc2n1[C@@H]1C[C@H](c3c(OC(F)F)cccc3-2)n2c1nc1ccc(Cl)cc12. The molecule has 0 aliphatic carbocycles. The molecule has 4 heterocycles. The molecule has 0 unspecified atom stereocenters. The van der Waals surface area contributed by atoms with Crippen molar-refractivity contribution in [3.05, 3.63) is 64.8 Å². The molecule has 2 aromatic carbocycles. The number of halogens is 3. The van der Waals surface area contributed by atoms with Crippen molar-refractivity contribution in [2.24, 2.45) is 0 Å². The van der Waals surface area contributed by atoms with Crippen LogP contribution < -0.4 is 4.74 Å². The van der Waals surface area contributed by atoms with Gasteiger partial charge in [-0.15, -0.1) is 0 Å². The Balaban J connectivity index is 1.73. The Morgan fingerprint density at radius 3 is 2.86 bits per heavy atom. The average Bonchev–Trinajstić information content (AvgIpc) is 3.30. The van der Waals surface area contributed by atoms with Crippen LogP contribution in [0.1, 0.15) is 35.7 Å². The van der Waals surface area contributed by atoms with Crippen molar-refractivity contribution < 1.29 is 13.5 Å². The van der Waals surface area contributed by atoms with Gasteiger partial charge in [0.1, 0.15) is 17.4 Å². The first-order valence-corrected chi connectivity index (χ1v) is 9.70. The van der Waals surface area contributed by atoms with Crippen molar-refractivity contribution >= 4 is 22.6 Å². The maximum absolute atomic E-state index is 13.2. The minimum atomic E-state index is -2.90. The molecule has 4 aromatic rings. The fourth-order valence-electron chi connectivity index (χ4n) is 4.89. The summed E-state index contributed by atoms with van der Waals surface area (Å²) in [7, 11) is 0.